The number of anilines is 1. The largest absolute Gasteiger partial charge is 0.480 e. The molecule has 2 fully saturated rings. The number of ether oxygens (including phenoxy) is 1. The average molecular weight is 684 g/mol. The number of rotatable bonds is 11. The van der Waals surface area contributed by atoms with Crippen LogP contribution < -0.4 is 15.5 Å². The van der Waals surface area contributed by atoms with E-state index < -0.39 is 33.7 Å². The highest BCUT2D eigenvalue weighted by Gasteiger charge is 2.57. The molecule has 0 amide bonds. The predicted octanol–water partition coefficient (Wildman–Crippen LogP) is 6.84. The summed E-state index contributed by atoms with van der Waals surface area (Å²) in [6.07, 6.45) is 1.38. The number of carboxylic acids is 1. The van der Waals surface area contributed by atoms with Crippen molar-refractivity contribution in [1.82, 2.24) is 10.6 Å². The van der Waals surface area contributed by atoms with E-state index in [4.69, 9.17) is 4.74 Å². The predicted molar refractivity (Wildman–Crippen MR) is 199 cm³/mol. The zero-order valence-corrected chi connectivity index (χ0v) is 28.5. The Labute approximate surface area is 297 Å². The lowest BCUT2D eigenvalue weighted by Crippen LogP contribution is -2.59. The number of nitrogens with zero attached hydrogens (tertiary/aromatic N) is 1. The van der Waals surface area contributed by atoms with Crippen molar-refractivity contribution < 1.29 is 19.4 Å². The van der Waals surface area contributed by atoms with Crippen LogP contribution in [0.1, 0.15) is 35.1 Å². The van der Waals surface area contributed by atoms with Gasteiger partial charge >= 0.3 is 11.9 Å². The van der Waals surface area contributed by atoms with Gasteiger partial charge in [-0.05, 0) is 47.2 Å². The van der Waals surface area contributed by atoms with Crippen LogP contribution in [0.2, 0.25) is 0 Å². The van der Waals surface area contributed by atoms with E-state index in [1.54, 1.807) is 11.8 Å². The first kappa shape index (κ1) is 33.6. The molecule has 7 rings (SSSR count). The second-order valence-electron chi connectivity index (χ2n) is 12.9. The summed E-state index contributed by atoms with van der Waals surface area (Å²) in [6.45, 7) is 1.63. The van der Waals surface area contributed by atoms with Crippen molar-refractivity contribution in [3.05, 3.63) is 174 Å². The monoisotopic (exact) mass is 683 g/mol. The Kier molecular flexibility index (Phi) is 10.0. The minimum Gasteiger partial charge on any atom is -0.480 e. The molecule has 7 nitrogen and oxygen atoms in total. The number of aliphatic carboxylic acids is 1. The number of hydrogen-bond acceptors (Lipinski definition) is 7. The van der Waals surface area contributed by atoms with E-state index in [1.807, 2.05) is 140 Å². The maximum Gasteiger partial charge on any atom is 0.324 e. The third-order valence-corrected chi connectivity index (χ3v) is 11.7. The number of thioether (sulfide) groups is 1. The molecule has 1 spiro atoms. The molecular weight excluding hydrogens is 643 g/mol. The maximum absolute atomic E-state index is 14.1. The Morgan fingerprint density at radius 3 is 1.70 bits per heavy atom. The van der Waals surface area contributed by atoms with Crippen molar-refractivity contribution in [3.63, 3.8) is 0 Å². The molecule has 5 aromatic rings. The van der Waals surface area contributed by atoms with Crippen LogP contribution in [0.15, 0.2) is 152 Å². The quantitative estimate of drug-likeness (QED) is 0.103. The summed E-state index contributed by atoms with van der Waals surface area (Å²) in [5.74, 6) is -1.36. The molecule has 3 N–H and O–H groups in total. The van der Waals surface area contributed by atoms with Crippen LogP contribution in [-0.4, -0.2) is 52.3 Å². The van der Waals surface area contributed by atoms with Crippen molar-refractivity contribution in [2.24, 2.45) is 0 Å². The van der Waals surface area contributed by atoms with Gasteiger partial charge in [0.05, 0.1) is 10.9 Å². The van der Waals surface area contributed by atoms with Crippen molar-refractivity contribution in [2.75, 3.05) is 18.0 Å². The molecule has 8 heteroatoms. The third kappa shape index (κ3) is 6.79. The van der Waals surface area contributed by atoms with Crippen LogP contribution in [0.5, 0.6) is 0 Å². The van der Waals surface area contributed by atoms with Crippen LogP contribution in [0.25, 0.3) is 0 Å². The summed E-state index contributed by atoms with van der Waals surface area (Å²) >= 11 is 1.57. The SMILES string of the molecule is O=C(O)C(NC(c1ccccc1)(c1ccccc1)c1ccccc1)C1NC(C(=O)OCc2ccccc2)C2(CCN(c3ccccc3)CC2)S1. The zero-order chi connectivity index (χ0) is 34.4. The summed E-state index contributed by atoms with van der Waals surface area (Å²) in [5.41, 5.74) is 3.77. The highest BCUT2D eigenvalue weighted by molar-refractivity contribution is 8.01. The van der Waals surface area contributed by atoms with Gasteiger partial charge in [-0.15, -0.1) is 11.8 Å². The normalized spacial score (nSPS) is 19.2. The van der Waals surface area contributed by atoms with E-state index in [0.29, 0.717) is 12.8 Å². The standard InChI is InChI=1S/C42H41N3O4S/c46-39(47)36(44-42(32-18-8-2-9-19-32,33-20-10-3-11-21-33)34-22-12-4-13-23-34)38-43-37(40(48)49-30-31-16-6-1-7-17-31)41(50-38)26-28-45(29-27-41)35-24-14-5-15-25-35/h1-25,36-38,43-44H,26-30H2,(H,46,47). The van der Waals surface area contributed by atoms with Gasteiger partial charge in [-0.2, -0.15) is 0 Å². The second-order valence-corrected chi connectivity index (χ2v) is 14.5. The first-order chi connectivity index (χ1) is 24.5. The fourth-order valence-corrected chi connectivity index (χ4v) is 9.18. The summed E-state index contributed by atoms with van der Waals surface area (Å²) < 4.78 is 5.39. The lowest BCUT2D eigenvalue weighted by molar-refractivity contribution is -0.149. The first-order valence-electron chi connectivity index (χ1n) is 17.1. The molecule has 2 saturated heterocycles. The van der Waals surface area contributed by atoms with Gasteiger partial charge in [0.2, 0.25) is 0 Å². The van der Waals surface area contributed by atoms with Crippen LogP contribution in [0.4, 0.5) is 5.69 Å². The van der Waals surface area contributed by atoms with Gasteiger partial charge in [0.15, 0.2) is 0 Å². The highest BCUT2D eigenvalue weighted by Crippen LogP contribution is 2.49. The summed E-state index contributed by atoms with van der Waals surface area (Å²) in [6, 6.07) is 48.1. The first-order valence-corrected chi connectivity index (χ1v) is 18.0. The Morgan fingerprint density at radius 2 is 1.22 bits per heavy atom. The van der Waals surface area contributed by atoms with Crippen molar-refractivity contribution >= 4 is 29.4 Å². The maximum atomic E-state index is 14.1. The topological polar surface area (TPSA) is 90.9 Å². The summed E-state index contributed by atoms with van der Waals surface area (Å²) in [5, 5.41) is 17.6. The van der Waals surface area contributed by atoms with Crippen LogP contribution >= 0.6 is 11.8 Å². The molecule has 254 valence electrons. The Morgan fingerprint density at radius 1 is 0.760 bits per heavy atom. The highest BCUT2D eigenvalue weighted by atomic mass is 32.2. The summed E-state index contributed by atoms with van der Waals surface area (Å²) in [4.78, 5) is 29.9. The number of benzene rings is 5. The minimum atomic E-state index is -1.09. The molecule has 2 aliphatic heterocycles. The van der Waals surface area contributed by atoms with Gasteiger partial charge in [0, 0.05) is 23.5 Å². The lowest BCUT2D eigenvalue weighted by Gasteiger charge is -2.42. The number of para-hydroxylation sites is 1. The molecule has 5 aromatic carbocycles. The van der Waals surface area contributed by atoms with Gasteiger partial charge < -0.3 is 14.7 Å². The Bertz CT molecular complexity index is 1760. The zero-order valence-electron chi connectivity index (χ0n) is 27.7. The lowest BCUT2D eigenvalue weighted by atomic mass is 9.76. The summed E-state index contributed by atoms with van der Waals surface area (Å²) in [7, 11) is 0. The molecule has 2 aliphatic rings. The smallest absolute Gasteiger partial charge is 0.324 e. The molecule has 0 radical (unpaired) electrons. The molecule has 0 aromatic heterocycles. The van der Waals surface area contributed by atoms with Gasteiger partial charge in [-0.1, -0.05) is 140 Å². The van der Waals surface area contributed by atoms with E-state index >= 15 is 0 Å². The van der Waals surface area contributed by atoms with Crippen molar-refractivity contribution in [2.45, 2.75) is 47.2 Å². The van der Waals surface area contributed by atoms with E-state index in [-0.39, 0.29) is 12.6 Å². The molecular formula is C42H41N3O4S. The fraction of sp³-hybridized carbons (Fsp3) is 0.238. The van der Waals surface area contributed by atoms with Crippen LogP contribution in [0, 0.1) is 0 Å². The minimum absolute atomic E-state index is 0.152. The third-order valence-electron chi connectivity index (χ3n) is 9.97. The molecule has 3 unspecified atom stereocenters. The molecule has 3 atom stereocenters. The van der Waals surface area contributed by atoms with E-state index in [9.17, 15) is 14.7 Å². The average Bonchev–Trinajstić information content (AvgIpc) is 3.54. The number of esters is 1. The number of hydrogen-bond donors (Lipinski definition) is 3. The van der Waals surface area contributed by atoms with E-state index in [1.165, 1.54) is 0 Å². The van der Waals surface area contributed by atoms with Gasteiger partial charge in [0.1, 0.15) is 18.7 Å². The van der Waals surface area contributed by atoms with E-state index in [0.717, 1.165) is 41.0 Å². The molecule has 0 bridgehead atoms. The number of carboxylic acid groups (broad SMARTS) is 1. The number of nitrogens with one attached hydrogen (secondary N) is 2. The number of carbonyl (C=O) groups excluding carboxylic acids is 1. The molecule has 0 aliphatic carbocycles. The van der Waals surface area contributed by atoms with Crippen molar-refractivity contribution in [3.8, 4) is 0 Å². The van der Waals surface area contributed by atoms with E-state index in [2.05, 4.69) is 27.7 Å². The van der Waals surface area contributed by atoms with Gasteiger partial charge in [-0.3, -0.25) is 20.2 Å². The number of carbonyl (C=O) groups is 2. The number of piperidine rings is 1. The molecule has 2 heterocycles. The molecule has 0 saturated carbocycles. The molecule has 50 heavy (non-hydrogen) atoms. The van der Waals surface area contributed by atoms with Crippen molar-refractivity contribution in [1.29, 1.82) is 0 Å². The fourth-order valence-electron chi connectivity index (χ4n) is 7.43. The van der Waals surface area contributed by atoms with Gasteiger partial charge in [-0.25, -0.2) is 0 Å². The second kappa shape index (κ2) is 14.9. The van der Waals surface area contributed by atoms with Gasteiger partial charge in [0.25, 0.3) is 0 Å². The Balaban J connectivity index is 1.25. The van der Waals surface area contributed by atoms with Crippen LogP contribution in [0.3, 0.4) is 0 Å². The van der Waals surface area contributed by atoms with Crippen LogP contribution in [-0.2, 0) is 26.5 Å². The Hall–Kier alpha value is -4.89.